The zero-order valence-corrected chi connectivity index (χ0v) is 13.1. The van der Waals surface area contributed by atoms with Gasteiger partial charge in [0.2, 0.25) is 0 Å². The van der Waals surface area contributed by atoms with Gasteiger partial charge in [0, 0.05) is 30.1 Å². The fourth-order valence-corrected chi connectivity index (χ4v) is 2.78. The Hall–Kier alpha value is -2.36. The van der Waals surface area contributed by atoms with Crippen LogP contribution in [0.5, 0.6) is 0 Å². The number of hydrogen-bond acceptors (Lipinski definition) is 2. The number of carbonyl (C=O) groups excluding carboxylic acids is 1. The first-order chi connectivity index (χ1) is 10.7. The summed E-state index contributed by atoms with van der Waals surface area (Å²) < 4.78 is 0. The van der Waals surface area contributed by atoms with E-state index in [2.05, 4.69) is 16.9 Å². The average molecular weight is 295 g/mol. The number of pyridine rings is 1. The Kier molecular flexibility index (Phi) is 4.09. The predicted molar refractivity (Wildman–Crippen MR) is 90.1 cm³/mol. The maximum absolute atomic E-state index is 12.7. The van der Waals surface area contributed by atoms with E-state index in [0.29, 0.717) is 5.69 Å². The molecule has 22 heavy (non-hydrogen) atoms. The van der Waals surface area contributed by atoms with E-state index in [4.69, 9.17) is 0 Å². The molecule has 0 aliphatic rings. The van der Waals surface area contributed by atoms with Crippen molar-refractivity contribution in [2.75, 3.05) is 13.1 Å². The summed E-state index contributed by atoms with van der Waals surface area (Å²) in [5, 5.41) is 2.11. The number of carbonyl (C=O) groups is 1. The summed E-state index contributed by atoms with van der Waals surface area (Å²) in [6, 6.07) is 9.97. The Balaban J connectivity index is 2.01. The summed E-state index contributed by atoms with van der Waals surface area (Å²) in [6.45, 7) is 5.69. The smallest absolute Gasteiger partial charge is 0.270 e. The van der Waals surface area contributed by atoms with Gasteiger partial charge in [-0.2, -0.15) is 0 Å². The number of unbranched alkanes of at least 4 members (excludes halogenated alkanes) is 1. The van der Waals surface area contributed by atoms with Crippen LogP contribution in [-0.4, -0.2) is 33.9 Å². The lowest BCUT2D eigenvalue weighted by Crippen LogP contribution is -2.31. The molecule has 0 saturated carbocycles. The van der Waals surface area contributed by atoms with Gasteiger partial charge in [-0.25, -0.2) is 0 Å². The molecule has 0 aliphatic carbocycles. The number of aromatic nitrogens is 2. The molecule has 2 aromatic heterocycles. The van der Waals surface area contributed by atoms with E-state index in [0.717, 1.165) is 47.7 Å². The first kappa shape index (κ1) is 14.6. The van der Waals surface area contributed by atoms with Gasteiger partial charge in [-0.15, -0.1) is 0 Å². The van der Waals surface area contributed by atoms with E-state index in [1.54, 1.807) is 6.20 Å². The number of amides is 1. The molecule has 1 N–H and O–H groups in total. The standard InChI is InChI=1S/C18H21N3O/c1-3-5-11-21(4-2)18(22)15-12-14-9-8-13-7-6-10-19-16(13)17(14)20-15/h6-10,12,20H,3-5,11H2,1-2H3. The lowest BCUT2D eigenvalue weighted by Gasteiger charge is -2.19. The Morgan fingerprint density at radius 3 is 2.82 bits per heavy atom. The molecular formula is C18H21N3O. The van der Waals surface area contributed by atoms with Crippen molar-refractivity contribution in [1.82, 2.24) is 14.9 Å². The molecule has 0 bridgehead atoms. The highest BCUT2D eigenvalue weighted by Crippen LogP contribution is 2.24. The highest BCUT2D eigenvalue weighted by Gasteiger charge is 2.17. The molecule has 114 valence electrons. The van der Waals surface area contributed by atoms with E-state index in [1.165, 1.54) is 0 Å². The molecule has 3 rings (SSSR count). The Morgan fingerprint density at radius 2 is 2.05 bits per heavy atom. The minimum absolute atomic E-state index is 0.0660. The second-order valence-electron chi connectivity index (χ2n) is 5.53. The fourth-order valence-electron chi connectivity index (χ4n) is 2.78. The zero-order valence-electron chi connectivity index (χ0n) is 13.1. The Bertz CT molecular complexity index is 806. The van der Waals surface area contributed by atoms with E-state index < -0.39 is 0 Å². The summed E-state index contributed by atoms with van der Waals surface area (Å²) in [5.41, 5.74) is 2.50. The third-order valence-electron chi connectivity index (χ3n) is 4.05. The van der Waals surface area contributed by atoms with Crippen molar-refractivity contribution < 1.29 is 4.79 Å². The van der Waals surface area contributed by atoms with Crippen molar-refractivity contribution in [3.05, 3.63) is 42.2 Å². The van der Waals surface area contributed by atoms with Crippen LogP contribution in [-0.2, 0) is 0 Å². The van der Waals surface area contributed by atoms with Crippen molar-refractivity contribution in [3.8, 4) is 0 Å². The lowest BCUT2D eigenvalue weighted by atomic mass is 10.1. The summed E-state index contributed by atoms with van der Waals surface area (Å²) in [5.74, 6) is 0.0660. The maximum atomic E-state index is 12.7. The molecule has 3 aromatic rings. The Labute approximate surface area is 130 Å². The van der Waals surface area contributed by atoms with Gasteiger partial charge in [-0.3, -0.25) is 9.78 Å². The molecule has 1 aromatic carbocycles. The normalized spacial score (nSPS) is 11.2. The monoisotopic (exact) mass is 295 g/mol. The number of nitrogens with one attached hydrogen (secondary N) is 1. The van der Waals surface area contributed by atoms with Gasteiger partial charge in [-0.1, -0.05) is 31.5 Å². The SMILES string of the molecule is CCCCN(CC)C(=O)c1cc2ccc3cccnc3c2[nH]1. The van der Waals surface area contributed by atoms with Crippen LogP contribution in [0.25, 0.3) is 21.8 Å². The molecule has 0 radical (unpaired) electrons. The van der Waals surface area contributed by atoms with Crippen molar-refractivity contribution in [3.63, 3.8) is 0 Å². The van der Waals surface area contributed by atoms with Crippen molar-refractivity contribution in [2.45, 2.75) is 26.7 Å². The van der Waals surface area contributed by atoms with Crippen LogP contribution >= 0.6 is 0 Å². The molecule has 0 aliphatic heterocycles. The molecule has 0 fully saturated rings. The van der Waals surface area contributed by atoms with E-state index in [9.17, 15) is 4.79 Å². The topological polar surface area (TPSA) is 49.0 Å². The van der Waals surface area contributed by atoms with Crippen molar-refractivity contribution in [2.24, 2.45) is 0 Å². The van der Waals surface area contributed by atoms with Crippen LogP contribution in [0, 0.1) is 0 Å². The number of aromatic amines is 1. The number of fused-ring (bicyclic) bond motifs is 3. The lowest BCUT2D eigenvalue weighted by molar-refractivity contribution is 0.0757. The van der Waals surface area contributed by atoms with Gasteiger partial charge in [0.25, 0.3) is 5.91 Å². The van der Waals surface area contributed by atoms with Gasteiger partial charge >= 0.3 is 0 Å². The molecule has 0 unspecified atom stereocenters. The van der Waals surface area contributed by atoms with Crippen LogP contribution in [0.4, 0.5) is 0 Å². The number of hydrogen-bond donors (Lipinski definition) is 1. The van der Waals surface area contributed by atoms with E-state index in [1.807, 2.05) is 42.2 Å². The highest BCUT2D eigenvalue weighted by molar-refractivity contribution is 6.07. The number of nitrogens with zero attached hydrogens (tertiary/aromatic N) is 2. The molecule has 0 spiro atoms. The molecule has 4 nitrogen and oxygen atoms in total. The van der Waals surface area contributed by atoms with Crippen molar-refractivity contribution in [1.29, 1.82) is 0 Å². The van der Waals surface area contributed by atoms with Crippen LogP contribution in [0.1, 0.15) is 37.2 Å². The molecule has 0 atom stereocenters. The van der Waals surface area contributed by atoms with Crippen LogP contribution in [0.15, 0.2) is 36.5 Å². The highest BCUT2D eigenvalue weighted by atomic mass is 16.2. The Morgan fingerprint density at radius 1 is 1.23 bits per heavy atom. The van der Waals surface area contributed by atoms with Crippen molar-refractivity contribution >= 4 is 27.7 Å². The fraction of sp³-hybridized carbons (Fsp3) is 0.333. The minimum Gasteiger partial charge on any atom is -0.349 e. The number of benzene rings is 1. The van der Waals surface area contributed by atoms with Gasteiger partial charge in [-0.05, 0) is 25.5 Å². The van der Waals surface area contributed by atoms with Gasteiger partial charge in [0.1, 0.15) is 5.69 Å². The van der Waals surface area contributed by atoms with Gasteiger partial charge < -0.3 is 9.88 Å². The van der Waals surface area contributed by atoms with Crippen LogP contribution in [0.2, 0.25) is 0 Å². The van der Waals surface area contributed by atoms with E-state index >= 15 is 0 Å². The second kappa shape index (κ2) is 6.18. The van der Waals surface area contributed by atoms with E-state index in [-0.39, 0.29) is 5.91 Å². The third-order valence-corrected chi connectivity index (χ3v) is 4.05. The van der Waals surface area contributed by atoms with Gasteiger partial charge in [0.15, 0.2) is 0 Å². The largest absolute Gasteiger partial charge is 0.349 e. The first-order valence-electron chi connectivity index (χ1n) is 7.90. The quantitative estimate of drug-likeness (QED) is 0.774. The predicted octanol–water partition coefficient (Wildman–Crippen LogP) is 3.98. The summed E-state index contributed by atoms with van der Waals surface area (Å²) in [4.78, 5) is 22.3. The first-order valence-corrected chi connectivity index (χ1v) is 7.90. The molecule has 1 amide bonds. The van der Waals surface area contributed by atoms with Gasteiger partial charge in [0.05, 0.1) is 11.0 Å². The zero-order chi connectivity index (χ0) is 15.5. The number of rotatable bonds is 5. The summed E-state index contributed by atoms with van der Waals surface area (Å²) in [7, 11) is 0. The molecule has 2 heterocycles. The third kappa shape index (κ3) is 2.56. The van der Waals surface area contributed by atoms with Crippen LogP contribution < -0.4 is 0 Å². The summed E-state index contributed by atoms with van der Waals surface area (Å²) in [6.07, 6.45) is 3.90. The molecule has 4 heteroatoms. The average Bonchev–Trinajstić information content (AvgIpc) is 3.00. The minimum atomic E-state index is 0.0660. The molecule has 0 saturated heterocycles. The summed E-state index contributed by atoms with van der Waals surface area (Å²) >= 11 is 0. The maximum Gasteiger partial charge on any atom is 0.270 e. The molecular weight excluding hydrogens is 274 g/mol. The number of H-pyrrole nitrogens is 1. The second-order valence-corrected chi connectivity index (χ2v) is 5.53. The van der Waals surface area contributed by atoms with Crippen LogP contribution in [0.3, 0.4) is 0 Å².